The second kappa shape index (κ2) is 6.33. The van der Waals surface area contributed by atoms with Crippen LogP contribution in [0.15, 0.2) is 29.6 Å². The number of aromatic nitrogens is 1. The van der Waals surface area contributed by atoms with Gasteiger partial charge in [-0.05, 0) is 31.0 Å². The second-order valence-corrected chi connectivity index (χ2v) is 4.99. The van der Waals surface area contributed by atoms with Crippen LogP contribution in [0.5, 0.6) is 5.75 Å². The molecule has 1 aromatic carbocycles. The van der Waals surface area contributed by atoms with Gasteiger partial charge in [-0.25, -0.2) is 4.98 Å². The number of carbonyl (C=O) groups is 1. The molecule has 0 unspecified atom stereocenters. The van der Waals surface area contributed by atoms with Crippen molar-refractivity contribution in [2.75, 3.05) is 11.9 Å². The normalized spacial score (nSPS) is 10.2. The Labute approximate surface area is 116 Å². The van der Waals surface area contributed by atoms with E-state index in [1.807, 2.05) is 36.6 Å². The number of nitrogens with zero attached hydrogens (tertiary/aromatic N) is 1. The first-order valence-electron chi connectivity index (χ1n) is 6.11. The second-order valence-electron chi connectivity index (χ2n) is 4.13. The fourth-order valence-electron chi connectivity index (χ4n) is 1.54. The van der Waals surface area contributed by atoms with Gasteiger partial charge in [0.25, 0.3) is 5.91 Å². The summed E-state index contributed by atoms with van der Waals surface area (Å²) in [6.45, 7) is 3.97. The van der Waals surface area contributed by atoms with Crippen molar-refractivity contribution in [3.63, 3.8) is 0 Å². The first-order chi connectivity index (χ1) is 9.17. The van der Waals surface area contributed by atoms with Crippen molar-refractivity contribution in [2.45, 2.75) is 20.3 Å². The van der Waals surface area contributed by atoms with E-state index in [1.165, 1.54) is 16.9 Å². The Morgan fingerprint density at radius 3 is 2.68 bits per heavy atom. The lowest BCUT2D eigenvalue weighted by atomic mass is 10.2. The molecule has 0 spiro atoms. The van der Waals surface area contributed by atoms with Crippen molar-refractivity contribution in [3.05, 3.63) is 40.9 Å². The largest absolute Gasteiger partial charge is 0.484 e. The molecule has 4 nitrogen and oxygen atoms in total. The molecule has 0 radical (unpaired) electrons. The van der Waals surface area contributed by atoms with E-state index in [1.54, 1.807) is 0 Å². The molecular weight excluding hydrogens is 260 g/mol. The van der Waals surface area contributed by atoms with E-state index >= 15 is 0 Å². The van der Waals surface area contributed by atoms with Gasteiger partial charge < -0.3 is 4.74 Å². The lowest BCUT2D eigenvalue weighted by Gasteiger charge is -2.06. The molecule has 1 aromatic heterocycles. The van der Waals surface area contributed by atoms with Crippen molar-refractivity contribution < 1.29 is 9.53 Å². The molecule has 0 aliphatic carbocycles. The first-order valence-corrected chi connectivity index (χ1v) is 6.99. The number of amides is 1. The van der Waals surface area contributed by atoms with E-state index in [4.69, 9.17) is 4.74 Å². The summed E-state index contributed by atoms with van der Waals surface area (Å²) in [5, 5.41) is 5.19. The molecule has 0 atom stereocenters. The van der Waals surface area contributed by atoms with E-state index in [0.29, 0.717) is 10.9 Å². The SMILES string of the molecule is CCc1ccc(OCC(=O)Nc2nc(C)cs2)cc1. The molecule has 100 valence electrons. The van der Waals surface area contributed by atoms with Crippen molar-refractivity contribution in [1.29, 1.82) is 0 Å². The molecule has 1 amide bonds. The van der Waals surface area contributed by atoms with Crippen LogP contribution in [0.1, 0.15) is 18.2 Å². The Hall–Kier alpha value is -1.88. The number of carbonyl (C=O) groups excluding carboxylic acids is 1. The monoisotopic (exact) mass is 276 g/mol. The molecule has 0 saturated carbocycles. The van der Waals surface area contributed by atoms with Gasteiger partial charge in [0.05, 0.1) is 5.69 Å². The lowest BCUT2D eigenvalue weighted by molar-refractivity contribution is -0.118. The van der Waals surface area contributed by atoms with Gasteiger partial charge in [-0.3, -0.25) is 10.1 Å². The highest BCUT2D eigenvalue weighted by atomic mass is 32.1. The van der Waals surface area contributed by atoms with Crippen molar-refractivity contribution in [2.24, 2.45) is 0 Å². The molecule has 19 heavy (non-hydrogen) atoms. The van der Waals surface area contributed by atoms with Gasteiger partial charge >= 0.3 is 0 Å². The molecule has 1 N–H and O–H groups in total. The number of rotatable bonds is 5. The summed E-state index contributed by atoms with van der Waals surface area (Å²) in [6.07, 6.45) is 0.990. The van der Waals surface area contributed by atoms with Gasteiger partial charge in [0.1, 0.15) is 5.75 Å². The molecule has 1 heterocycles. The third kappa shape index (κ3) is 4.06. The molecule has 0 aliphatic heterocycles. The smallest absolute Gasteiger partial charge is 0.264 e. The van der Waals surface area contributed by atoms with Crippen molar-refractivity contribution >= 4 is 22.4 Å². The highest BCUT2D eigenvalue weighted by Gasteiger charge is 2.06. The number of anilines is 1. The highest BCUT2D eigenvalue weighted by Crippen LogP contribution is 2.15. The minimum absolute atomic E-state index is 0.00982. The fraction of sp³-hybridized carbons (Fsp3) is 0.286. The molecule has 5 heteroatoms. The Morgan fingerprint density at radius 2 is 2.11 bits per heavy atom. The van der Waals surface area contributed by atoms with E-state index in [9.17, 15) is 4.79 Å². The minimum atomic E-state index is -0.200. The Bertz CT molecular complexity index is 549. The van der Waals surface area contributed by atoms with Crippen LogP contribution in [0.25, 0.3) is 0 Å². The zero-order chi connectivity index (χ0) is 13.7. The van der Waals surface area contributed by atoms with Gasteiger partial charge in [0.2, 0.25) is 0 Å². The highest BCUT2D eigenvalue weighted by molar-refractivity contribution is 7.13. The maximum atomic E-state index is 11.6. The summed E-state index contributed by atoms with van der Waals surface area (Å²) in [7, 11) is 0. The maximum Gasteiger partial charge on any atom is 0.264 e. The number of hydrogen-bond donors (Lipinski definition) is 1. The zero-order valence-corrected chi connectivity index (χ0v) is 11.8. The summed E-state index contributed by atoms with van der Waals surface area (Å²) in [6, 6.07) is 7.74. The van der Waals surface area contributed by atoms with Crippen molar-refractivity contribution in [3.8, 4) is 5.75 Å². The summed E-state index contributed by atoms with van der Waals surface area (Å²) >= 11 is 1.41. The average Bonchev–Trinajstić information content (AvgIpc) is 2.82. The lowest BCUT2D eigenvalue weighted by Crippen LogP contribution is -2.20. The van der Waals surface area contributed by atoms with Gasteiger partial charge in [-0.15, -0.1) is 11.3 Å². The molecule has 0 aliphatic rings. The van der Waals surface area contributed by atoms with Crippen LogP contribution in [0, 0.1) is 6.92 Å². The van der Waals surface area contributed by atoms with Crippen LogP contribution in [0.4, 0.5) is 5.13 Å². The van der Waals surface area contributed by atoms with E-state index in [0.717, 1.165) is 12.1 Å². The average molecular weight is 276 g/mol. The third-order valence-corrected chi connectivity index (χ3v) is 3.44. The van der Waals surface area contributed by atoms with Crippen LogP contribution in [0.3, 0.4) is 0 Å². The topological polar surface area (TPSA) is 51.2 Å². The number of aryl methyl sites for hydroxylation is 2. The van der Waals surface area contributed by atoms with Crippen LogP contribution >= 0.6 is 11.3 Å². The Morgan fingerprint density at radius 1 is 1.37 bits per heavy atom. The van der Waals surface area contributed by atoms with E-state index in [2.05, 4.69) is 17.2 Å². The number of hydrogen-bond acceptors (Lipinski definition) is 4. The predicted molar refractivity (Wildman–Crippen MR) is 76.8 cm³/mol. The standard InChI is InChI=1S/C14H16N2O2S/c1-3-11-4-6-12(7-5-11)18-8-13(17)16-14-15-10(2)9-19-14/h4-7,9H,3,8H2,1-2H3,(H,15,16,17). The number of benzene rings is 1. The predicted octanol–water partition coefficient (Wildman–Crippen LogP) is 3.03. The number of ether oxygens (including phenoxy) is 1. The van der Waals surface area contributed by atoms with Gasteiger partial charge in [-0.1, -0.05) is 19.1 Å². The quantitative estimate of drug-likeness (QED) is 0.913. The summed E-state index contributed by atoms with van der Waals surface area (Å²) in [5.74, 6) is 0.497. The van der Waals surface area contributed by atoms with Crippen LogP contribution in [-0.2, 0) is 11.2 Å². The maximum absolute atomic E-state index is 11.6. The minimum Gasteiger partial charge on any atom is -0.484 e. The summed E-state index contributed by atoms with van der Waals surface area (Å²) < 4.78 is 5.41. The molecule has 2 rings (SSSR count). The van der Waals surface area contributed by atoms with Crippen molar-refractivity contribution in [1.82, 2.24) is 4.98 Å². The molecular formula is C14H16N2O2S. The molecule has 0 fully saturated rings. The van der Waals surface area contributed by atoms with E-state index in [-0.39, 0.29) is 12.5 Å². The van der Waals surface area contributed by atoms with Crippen LogP contribution in [0.2, 0.25) is 0 Å². The number of nitrogens with one attached hydrogen (secondary N) is 1. The first kappa shape index (κ1) is 13.5. The summed E-state index contributed by atoms with van der Waals surface area (Å²) in [4.78, 5) is 15.8. The van der Waals surface area contributed by atoms with Gasteiger partial charge in [-0.2, -0.15) is 0 Å². The molecule has 0 saturated heterocycles. The van der Waals surface area contributed by atoms with Crippen LogP contribution in [-0.4, -0.2) is 17.5 Å². The van der Waals surface area contributed by atoms with E-state index < -0.39 is 0 Å². The van der Waals surface area contributed by atoms with Gasteiger partial charge in [0, 0.05) is 5.38 Å². The fourth-order valence-corrected chi connectivity index (χ4v) is 2.24. The Balaban J connectivity index is 1.82. The van der Waals surface area contributed by atoms with Crippen LogP contribution < -0.4 is 10.1 Å². The zero-order valence-electron chi connectivity index (χ0n) is 11.0. The van der Waals surface area contributed by atoms with Gasteiger partial charge in [0.15, 0.2) is 11.7 Å². The Kier molecular flexibility index (Phi) is 4.52. The number of thiazole rings is 1. The third-order valence-electron chi connectivity index (χ3n) is 2.57. The molecule has 0 bridgehead atoms. The summed E-state index contributed by atoms with van der Waals surface area (Å²) in [5.41, 5.74) is 2.14. The molecule has 2 aromatic rings.